The van der Waals surface area contributed by atoms with Gasteiger partial charge < -0.3 is 4.74 Å². The smallest absolute Gasteiger partial charge is 0.180 e. The van der Waals surface area contributed by atoms with Gasteiger partial charge in [-0.3, -0.25) is 9.38 Å². The molecule has 0 bridgehead atoms. The van der Waals surface area contributed by atoms with Crippen molar-refractivity contribution in [1.29, 1.82) is 0 Å². The zero-order valence-electron chi connectivity index (χ0n) is 7.93. The lowest BCUT2D eigenvalue weighted by Crippen LogP contribution is -2.04. The van der Waals surface area contributed by atoms with Crippen LogP contribution in [-0.4, -0.2) is 32.8 Å². The van der Waals surface area contributed by atoms with Crippen molar-refractivity contribution in [1.82, 2.24) is 19.6 Å². The summed E-state index contributed by atoms with van der Waals surface area (Å²) in [5.74, 6) is 1.16. The van der Waals surface area contributed by atoms with Crippen molar-refractivity contribution in [3.05, 3.63) is 23.4 Å². The van der Waals surface area contributed by atoms with Crippen LogP contribution in [0, 0.1) is 0 Å². The van der Waals surface area contributed by atoms with Gasteiger partial charge >= 0.3 is 0 Å². The van der Waals surface area contributed by atoms with E-state index in [-0.39, 0.29) is 0 Å². The van der Waals surface area contributed by atoms with Crippen LogP contribution < -0.4 is 0 Å². The third kappa shape index (κ3) is 1.39. The van der Waals surface area contributed by atoms with Gasteiger partial charge in [-0.25, -0.2) is 0 Å². The van der Waals surface area contributed by atoms with E-state index in [1.807, 2.05) is 4.40 Å². The molecule has 1 aliphatic rings. The molecule has 78 valence electrons. The van der Waals surface area contributed by atoms with Crippen LogP contribution >= 0.6 is 11.6 Å². The first-order chi connectivity index (χ1) is 7.36. The second kappa shape index (κ2) is 3.43. The topological polar surface area (TPSA) is 52.3 Å². The van der Waals surface area contributed by atoms with Gasteiger partial charge in [0.2, 0.25) is 0 Å². The SMILES string of the molecule is Clc1cncc2nnc(C3CCOC3)n12. The highest BCUT2D eigenvalue weighted by Crippen LogP contribution is 2.25. The van der Waals surface area contributed by atoms with Gasteiger partial charge in [0.05, 0.1) is 19.0 Å². The normalized spacial score (nSPS) is 21.3. The van der Waals surface area contributed by atoms with Crippen molar-refractivity contribution in [2.75, 3.05) is 13.2 Å². The van der Waals surface area contributed by atoms with Gasteiger partial charge in [0.1, 0.15) is 11.0 Å². The van der Waals surface area contributed by atoms with Crippen LogP contribution in [-0.2, 0) is 4.74 Å². The molecule has 1 unspecified atom stereocenters. The molecular formula is C9H9ClN4O. The van der Waals surface area contributed by atoms with E-state index in [0.717, 1.165) is 18.9 Å². The largest absolute Gasteiger partial charge is 0.381 e. The van der Waals surface area contributed by atoms with Crippen molar-refractivity contribution < 1.29 is 4.74 Å². The fourth-order valence-corrected chi connectivity index (χ4v) is 2.07. The predicted octanol–water partition coefficient (Wildman–Crippen LogP) is 1.28. The van der Waals surface area contributed by atoms with Gasteiger partial charge in [0, 0.05) is 12.5 Å². The fourth-order valence-electron chi connectivity index (χ4n) is 1.84. The number of hydrogen-bond acceptors (Lipinski definition) is 4. The van der Waals surface area contributed by atoms with E-state index in [1.165, 1.54) is 0 Å². The van der Waals surface area contributed by atoms with Crippen LogP contribution in [0.25, 0.3) is 5.65 Å². The Morgan fingerprint density at radius 1 is 1.40 bits per heavy atom. The number of fused-ring (bicyclic) bond motifs is 1. The summed E-state index contributed by atoms with van der Waals surface area (Å²) < 4.78 is 7.16. The minimum atomic E-state index is 0.292. The number of aromatic nitrogens is 4. The van der Waals surface area contributed by atoms with Gasteiger partial charge in [0.25, 0.3) is 0 Å². The maximum atomic E-state index is 6.06. The quantitative estimate of drug-likeness (QED) is 0.732. The van der Waals surface area contributed by atoms with E-state index in [1.54, 1.807) is 12.4 Å². The van der Waals surface area contributed by atoms with Crippen LogP contribution in [0.15, 0.2) is 12.4 Å². The van der Waals surface area contributed by atoms with Crippen LogP contribution in [0.3, 0.4) is 0 Å². The van der Waals surface area contributed by atoms with Gasteiger partial charge in [0.15, 0.2) is 5.65 Å². The number of halogens is 1. The molecule has 15 heavy (non-hydrogen) atoms. The van der Waals surface area contributed by atoms with Crippen LogP contribution in [0.1, 0.15) is 18.2 Å². The Morgan fingerprint density at radius 2 is 2.33 bits per heavy atom. The van der Waals surface area contributed by atoms with Gasteiger partial charge in [-0.15, -0.1) is 10.2 Å². The third-order valence-corrected chi connectivity index (χ3v) is 2.86. The van der Waals surface area contributed by atoms with E-state index in [0.29, 0.717) is 23.3 Å². The Labute approximate surface area is 91.0 Å². The highest BCUT2D eigenvalue weighted by Gasteiger charge is 2.23. The van der Waals surface area contributed by atoms with E-state index >= 15 is 0 Å². The molecule has 0 aromatic carbocycles. The molecule has 3 rings (SSSR count). The van der Waals surface area contributed by atoms with Gasteiger partial charge in [-0.2, -0.15) is 0 Å². The molecule has 5 nitrogen and oxygen atoms in total. The molecule has 1 saturated heterocycles. The maximum Gasteiger partial charge on any atom is 0.180 e. The van der Waals surface area contributed by atoms with Crippen molar-refractivity contribution in [2.24, 2.45) is 0 Å². The Kier molecular flexibility index (Phi) is 2.07. The summed E-state index contributed by atoms with van der Waals surface area (Å²) in [5.41, 5.74) is 0.685. The Balaban J connectivity index is 2.18. The minimum Gasteiger partial charge on any atom is -0.381 e. The second-order valence-electron chi connectivity index (χ2n) is 3.54. The van der Waals surface area contributed by atoms with Crippen LogP contribution in [0.5, 0.6) is 0 Å². The summed E-state index contributed by atoms with van der Waals surface area (Å²) in [6.07, 6.45) is 4.22. The molecule has 0 amide bonds. The summed E-state index contributed by atoms with van der Waals surface area (Å²) in [7, 11) is 0. The van der Waals surface area contributed by atoms with Crippen molar-refractivity contribution in [3.63, 3.8) is 0 Å². The average Bonchev–Trinajstić information content (AvgIpc) is 2.85. The number of rotatable bonds is 1. The van der Waals surface area contributed by atoms with Gasteiger partial charge in [-0.05, 0) is 6.42 Å². The van der Waals surface area contributed by atoms with Crippen molar-refractivity contribution in [2.45, 2.75) is 12.3 Å². The molecule has 1 atom stereocenters. The highest BCUT2D eigenvalue weighted by atomic mass is 35.5. The molecule has 0 radical (unpaired) electrons. The second-order valence-corrected chi connectivity index (χ2v) is 3.93. The molecule has 2 aromatic rings. The molecule has 3 heterocycles. The van der Waals surface area contributed by atoms with E-state index in [4.69, 9.17) is 16.3 Å². The molecule has 1 fully saturated rings. The standard InChI is InChI=1S/C9H9ClN4O/c10-7-3-11-4-8-12-13-9(14(7)8)6-1-2-15-5-6/h3-4,6H,1-2,5H2. The molecule has 6 heteroatoms. The Morgan fingerprint density at radius 3 is 3.13 bits per heavy atom. The van der Waals surface area contributed by atoms with E-state index in [2.05, 4.69) is 15.2 Å². The average molecular weight is 225 g/mol. The molecular weight excluding hydrogens is 216 g/mol. The van der Waals surface area contributed by atoms with Gasteiger partial charge in [-0.1, -0.05) is 11.6 Å². The molecule has 0 aliphatic carbocycles. The minimum absolute atomic E-state index is 0.292. The third-order valence-electron chi connectivity index (χ3n) is 2.59. The predicted molar refractivity (Wildman–Crippen MR) is 54.0 cm³/mol. The molecule has 0 N–H and O–H groups in total. The van der Waals surface area contributed by atoms with Crippen LogP contribution in [0.4, 0.5) is 0 Å². The monoisotopic (exact) mass is 224 g/mol. The fraction of sp³-hybridized carbons (Fsp3) is 0.444. The number of hydrogen-bond donors (Lipinski definition) is 0. The molecule has 1 aliphatic heterocycles. The number of nitrogens with zero attached hydrogens (tertiary/aromatic N) is 4. The zero-order chi connectivity index (χ0) is 10.3. The molecule has 0 spiro atoms. The summed E-state index contributed by atoms with van der Waals surface area (Å²) in [5, 5.41) is 8.72. The lowest BCUT2D eigenvalue weighted by molar-refractivity contribution is 0.193. The molecule has 0 saturated carbocycles. The zero-order valence-corrected chi connectivity index (χ0v) is 8.68. The first kappa shape index (κ1) is 9.06. The lowest BCUT2D eigenvalue weighted by Gasteiger charge is -2.05. The number of ether oxygens (including phenoxy) is 1. The van der Waals surface area contributed by atoms with Crippen molar-refractivity contribution >= 4 is 17.2 Å². The Bertz CT molecular complexity index is 492. The van der Waals surface area contributed by atoms with Crippen molar-refractivity contribution in [3.8, 4) is 0 Å². The van der Waals surface area contributed by atoms with E-state index < -0.39 is 0 Å². The summed E-state index contributed by atoms with van der Waals surface area (Å²) in [6, 6.07) is 0. The lowest BCUT2D eigenvalue weighted by atomic mass is 10.1. The highest BCUT2D eigenvalue weighted by molar-refractivity contribution is 6.29. The maximum absolute atomic E-state index is 6.06. The van der Waals surface area contributed by atoms with Crippen LogP contribution in [0.2, 0.25) is 5.15 Å². The Hall–Kier alpha value is -1.20. The first-order valence-electron chi connectivity index (χ1n) is 4.78. The summed E-state index contributed by atoms with van der Waals surface area (Å²) in [6.45, 7) is 1.47. The molecule has 2 aromatic heterocycles. The van der Waals surface area contributed by atoms with E-state index in [9.17, 15) is 0 Å². The first-order valence-corrected chi connectivity index (χ1v) is 5.16. The summed E-state index contributed by atoms with van der Waals surface area (Å²) >= 11 is 6.06. The summed E-state index contributed by atoms with van der Waals surface area (Å²) in [4.78, 5) is 3.97.